The number of hydrogen-bond acceptors (Lipinski definition) is 4. The number of nitrogens with zero attached hydrogens (tertiary/aromatic N) is 2. The molecule has 1 aliphatic rings. The van der Waals surface area contributed by atoms with Crippen molar-refractivity contribution in [3.05, 3.63) is 23.8 Å². The number of piperidine rings is 1. The Hall–Kier alpha value is -2.24. The zero-order valence-corrected chi connectivity index (χ0v) is 17.0. The van der Waals surface area contributed by atoms with E-state index < -0.39 is 0 Å². The molecular formula is C21H32N2O4. The second-order valence-electron chi connectivity index (χ2n) is 6.93. The molecule has 27 heavy (non-hydrogen) atoms. The fourth-order valence-electron chi connectivity index (χ4n) is 3.68. The van der Waals surface area contributed by atoms with Gasteiger partial charge in [-0.25, -0.2) is 0 Å². The van der Waals surface area contributed by atoms with Crippen LogP contribution in [0.1, 0.15) is 49.9 Å². The number of methoxy groups -OCH3 is 2. The lowest BCUT2D eigenvalue weighted by atomic mass is 9.94. The Morgan fingerprint density at radius 1 is 1.04 bits per heavy atom. The molecule has 150 valence electrons. The third-order valence-corrected chi connectivity index (χ3v) is 5.07. The monoisotopic (exact) mass is 376 g/mol. The summed E-state index contributed by atoms with van der Waals surface area (Å²) in [5, 5.41) is 0. The van der Waals surface area contributed by atoms with Crippen LogP contribution in [0.25, 0.3) is 0 Å². The van der Waals surface area contributed by atoms with Crippen molar-refractivity contribution < 1.29 is 19.1 Å². The van der Waals surface area contributed by atoms with Gasteiger partial charge in [0.1, 0.15) is 17.1 Å². The first-order valence-electron chi connectivity index (χ1n) is 9.86. The van der Waals surface area contributed by atoms with Gasteiger partial charge in [0.25, 0.3) is 5.91 Å². The summed E-state index contributed by atoms with van der Waals surface area (Å²) in [4.78, 5) is 29.6. The van der Waals surface area contributed by atoms with Gasteiger partial charge >= 0.3 is 0 Å². The maximum atomic E-state index is 13.0. The highest BCUT2D eigenvalue weighted by molar-refractivity contribution is 6.00. The largest absolute Gasteiger partial charge is 0.496 e. The summed E-state index contributed by atoms with van der Waals surface area (Å²) in [6.45, 7) is 6.95. The van der Waals surface area contributed by atoms with E-state index >= 15 is 0 Å². The minimum absolute atomic E-state index is 0.00622. The number of amides is 2. The third kappa shape index (κ3) is 4.93. The zero-order chi connectivity index (χ0) is 19.8. The minimum atomic E-state index is -0.103. The summed E-state index contributed by atoms with van der Waals surface area (Å²) in [6, 6.07) is 5.33. The number of benzene rings is 1. The Bertz CT molecular complexity index is 611. The molecule has 2 rings (SSSR count). The molecule has 0 radical (unpaired) electrons. The summed E-state index contributed by atoms with van der Waals surface area (Å²) in [5.41, 5.74) is 0.450. The SMILES string of the molecule is CCCN(CCC)C(=O)C1CCN(C(=O)c2c(OC)cccc2OC)CC1. The fraction of sp³-hybridized carbons (Fsp3) is 0.619. The van der Waals surface area contributed by atoms with Crippen LogP contribution in [-0.4, -0.2) is 62.0 Å². The van der Waals surface area contributed by atoms with Crippen LogP contribution in [0.3, 0.4) is 0 Å². The van der Waals surface area contributed by atoms with Crippen LogP contribution in [0.4, 0.5) is 0 Å². The molecule has 0 N–H and O–H groups in total. The lowest BCUT2D eigenvalue weighted by Crippen LogP contribution is -2.45. The number of rotatable bonds is 8. The van der Waals surface area contributed by atoms with Crippen molar-refractivity contribution in [2.24, 2.45) is 5.92 Å². The molecule has 0 spiro atoms. The van der Waals surface area contributed by atoms with Crippen LogP contribution in [-0.2, 0) is 4.79 Å². The van der Waals surface area contributed by atoms with Crippen molar-refractivity contribution in [1.82, 2.24) is 9.80 Å². The van der Waals surface area contributed by atoms with Gasteiger partial charge in [-0.3, -0.25) is 9.59 Å². The van der Waals surface area contributed by atoms with Gasteiger partial charge in [0.2, 0.25) is 5.91 Å². The van der Waals surface area contributed by atoms with E-state index in [9.17, 15) is 9.59 Å². The second kappa shape index (κ2) is 10.2. The van der Waals surface area contributed by atoms with Crippen molar-refractivity contribution in [3.63, 3.8) is 0 Å². The van der Waals surface area contributed by atoms with E-state index in [2.05, 4.69) is 13.8 Å². The Labute approximate surface area is 162 Å². The van der Waals surface area contributed by atoms with Gasteiger partial charge in [0, 0.05) is 32.1 Å². The van der Waals surface area contributed by atoms with Gasteiger partial charge in [-0.2, -0.15) is 0 Å². The molecule has 1 aliphatic heterocycles. The molecule has 1 fully saturated rings. The summed E-state index contributed by atoms with van der Waals surface area (Å²) in [6.07, 6.45) is 3.34. The highest BCUT2D eigenvalue weighted by Gasteiger charge is 2.32. The van der Waals surface area contributed by atoms with Crippen molar-refractivity contribution in [3.8, 4) is 11.5 Å². The summed E-state index contributed by atoms with van der Waals surface area (Å²) in [5.74, 6) is 1.16. The molecule has 1 saturated heterocycles. The predicted molar refractivity (Wildman–Crippen MR) is 105 cm³/mol. The predicted octanol–water partition coefficient (Wildman–Crippen LogP) is 3.20. The highest BCUT2D eigenvalue weighted by Crippen LogP contribution is 2.31. The Kier molecular flexibility index (Phi) is 7.95. The van der Waals surface area contributed by atoms with E-state index in [1.54, 1.807) is 37.3 Å². The molecule has 0 bridgehead atoms. The molecule has 1 aromatic carbocycles. The Balaban J connectivity index is 2.05. The molecule has 1 heterocycles. The second-order valence-corrected chi connectivity index (χ2v) is 6.93. The van der Waals surface area contributed by atoms with Gasteiger partial charge in [0.15, 0.2) is 0 Å². The van der Waals surface area contributed by atoms with E-state index in [1.165, 1.54) is 0 Å². The summed E-state index contributed by atoms with van der Waals surface area (Å²) < 4.78 is 10.7. The Morgan fingerprint density at radius 3 is 2.00 bits per heavy atom. The van der Waals surface area contributed by atoms with Crippen molar-refractivity contribution in [2.45, 2.75) is 39.5 Å². The maximum absolute atomic E-state index is 13.0. The molecule has 2 amide bonds. The number of carbonyl (C=O) groups is 2. The summed E-state index contributed by atoms with van der Waals surface area (Å²) >= 11 is 0. The lowest BCUT2D eigenvalue weighted by molar-refractivity contribution is -0.137. The van der Waals surface area contributed by atoms with Crippen LogP contribution in [0.2, 0.25) is 0 Å². The molecule has 0 aliphatic carbocycles. The highest BCUT2D eigenvalue weighted by atomic mass is 16.5. The van der Waals surface area contributed by atoms with Crippen LogP contribution in [0.5, 0.6) is 11.5 Å². The van der Waals surface area contributed by atoms with Gasteiger partial charge < -0.3 is 19.3 Å². The molecular weight excluding hydrogens is 344 g/mol. The molecule has 0 unspecified atom stereocenters. The first-order valence-corrected chi connectivity index (χ1v) is 9.86. The van der Waals surface area contributed by atoms with Crippen LogP contribution >= 0.6 is 0 Å². The average molecular weight is 376 g/mol. The Morgan fingerprint density at radius 2 is 1.56 bits per heavy atom. The smallest absolute Gasteiger partial charge is 0.261 e. The minimum Gasteiger partial charge on any atom is -0.496 e. The molecule has 1 aromatic rings. The first kappa shape index (κ1) is 21.1. The average Bonchev–Trinajstić information content (AvgIpc) is 2.72. The number of ether oxygens (including phenoxy) is 2. The van der Waals surface area contributed by atoms with Crippen molar-refractivity contribution in [2.75, 3.05) is 40.4 Å². The molecule has 0 saturated carbocycles. The molecule has 0 aromatic heterocycles. The number of hydrogen-bond donors (Lipinski definition) is 0. The van der Waals surface area contributed by atoms with E-state index in [4.69, 9.17) is 9.47 Å². The summed E-state index contributed by atoms with van der Waals surface area (Å²) in [7, 11) is 3.10. The number of carbonyl (C=O) groups excluding carboxylic acids is 2. The van der Waals surface area contributed by atoms with Crippen LogP contribution in [0.15, 0.2) is 18.2 Å². The lowest BCUT2D eigenvalue weighted by Gasteiger charge is -2.34. The van der Waals surface area contributed by atoms with Crippen molar-refractivity contribution >= 4 is 11.8 Å². The van der Waals surface area contributed by atoms with E-state index in [1.807, 2.05) is 4.90 Å². The van der Waals surface area contributed by atoms with Crippen LogP contribution < -0.4 is 9.47 Å². The van der Waals surface area contributed by atoms with E-state index in [-0.39, 0.29) is 17.7 Å². The van der Waals surface area contributed by atoms with Gasteiger partial charge in [-0.15, -0.1) is 0 Å². The van der Waals surface area contributed by atoms with E-state index in [0.29, 0.717) is 43.0 Å². The normalized spacial score (nSPS) is 14.7. The third-order valence-electron chi connectivity index (χ3n) is 5.07. The first-order chi connectivity index (χ1) is 13.1. The zero-order valence-electron chi connectivity index (χ0n) is 17.0. The van der Waals surface area contributed by atoms with Gasteiger partial charge in [0.05, 0.1) is 14.2 Å². The maximum Gasteiger partial charge on any atom is 0.261 e. The van der Waals surface area contributed by atoms with Crippen LogP contribution in [0, 0.1) is 5.92 Å². The molecule has 0 atom stereocenters. The van der Waals surface area contributed by atoms with Gasteiger partial charge in [-0.1, -0.05) is 19.9 Å². The molecule has 6 heteroatoms. The van der Waals surface area contributed by atoms with E-state index in [0.717, 1.165) is 25.9 Å². The fourth-order valence-corrected chi connectivity index (χ4v) is 3.68. The van der Waals surface area contributed by atoms with Gasteiger partial charge in [-0.05, 0) is 37.8 Å². The number of likely N-dealkylation sites (tertiary alicyclic amines) is 1. The van der Waals surface area contributed by atoms with Crippen molar-refractivity contribution in [1.29, 1.82) is 0 Å². The molecule has 6 nitrogen and oxygen atoms in total. The standard InChI is InChI=1S/C21H32N2O4/c1-5-12-22(13-6-2)20(24)16-10-14-23(15-11-16)21(25)19-17(26-3)8-7-9-18(19)27-4/h7-9,16H,5-6,10-15H2,1-4H3. The topological polar surface area (TPSA) is 59.1 Å². The quantitative estimate of drug-likeness (QED) is 0.699.